The largest absolute Gasteiger partial charge is 0.223 e. The highest BCUT2D eigenvalue weighted by Gasteiger charge is 2.24. The van der Waals surface area contributed by atoms with Gasteiger partial charge in [-0.2, -0.15) is 0 Å². The van der Waals surface area contributed by atoms with Crippen molar-refractivity contribution >= 4 is 9.84 Å². The predicted molar refractivity (Wildman–Crippen MR) is 68.4 cm³/mol. The van der Waals surface area contributed by atoms with Crippen LogP contribution in [-0.4, -0.2) is 8.42 Å². The third-order valence-corrected chi connectivity index (χ3v) is 4.97. The molecule has 0 spiro atoms. The summed E-state index contributed by atoms with van der Waals surface area (Å²) in [5.74, 6) is -0.545. The Morgan fingerprint density at radius 1 is 1.00 bits per heavy atom. The molecule has 0 fully saturated rings. The van der Waals surface area contributed by atoms with Crippen molar-refractivity contribution in [2.75, 3.05) is 0 Å². The summed E-state index contributed by atoms with van der Waals surface area (Å²) in [7, 11) is -3.55. The fourth-order valence-corrected chi connectivity index (χ4v) is 3.22. The molecule has 0 aliphatic carbocycles. The van der Waals surface area contributed by atoms with Gasteiger partial charge in [-0.1, -0.05) is 36.4 Å². The average molecular weight is 264 g/mol. The van der Waals surface area contributed by atoms with E-state index in [1.165, 1.54) is 18.2 Å². The average Bonchev–Trinajstić information content (AvgIpc) is 2.39. The van der Waals surface area contributed by atoms with Gasteiger partial charge in [-0.15, -0.1) is 0 Å². The van der Waals surface area contributed by atoms with Crippen LogP contribution in [0.3, 0.4) is 0 Å². The molecule has 0 N–H and O–H groups in total. The second-order valence-electron chi connectivity index (χ2n) is 4.06. The number of halogens is 1. The number of rotatable bonds is 3. The first-order valence-corrected chi connectivity index (χ1v) is 7.11. The van der Waals surface area contributed by atoms with E-state index < -0.39 is 20.9 Å². The highest BCUT2D eigenvalue weighted by molar-refractivity contribution is 7.91. The topological polar surface area (TPSA) is 34.1 Å². The Kier molecular flexibility index (Phi) is 3.48. The minimum atomic E-state index is -3.55. The molecule has 2 rings (SSSR count). The standard InChI is InChI=1S/C14H13FO2S/c1-11(12-6-3-2-4-7-12)18(16,17)14-9-5-8-13(15)10-14/h2-11H,1H3. The Morgan fingerprint density at radius 2 is 1.67 bits per heavy atom. The Hall–Kier alpha value is -1.68. The van der Waals surface area contributed by atoms with Crippen LogP contribution >= 0.6 is 0 Å². The van der Waals surface area contributed by atoms with Crippen LogP contribution in [0.15, 0.2) is 59.5 Å². The van der Waals surface area contributed by atoms with Crippen LogP contribution in [0.1, 0.15) is 17.7 Å². The van der Waals surface area contributed by atoms with Crippen LogP contribution in [0.2, 0.25) is 0 Å². The third-order valence-electron chi connectivity index (χ3n) is 2.86. The second-order valence-corrected chi connectivity index (χ2v) is 6.32. The maximum Gasteiger partial charge on any atom is 0.185 e. The molecule has 0 radical (unpaired) electrons. The Labute approximate surface area is 106 Å². The van der Waals surface area contributed by atoms with Crippen molar-refractivity contribution < 1.29 is 12.8 Å². The third kappa shape index (κ3) is 2.43. The lowest BCUT2D eigenvalue weighted by Crippen LogP contribution is -2.10. The molecular weight excluding hydrogens is 251 g/mol. The maximum atomic E-state index is 13.1. The van der Waals surface area contributed by atoms with Gasteiger partial charge in [-0.05, 0) is 30.7 Å². The molecule has 2 nitrogen and oxygen atoms in total. The van der Waals surface area contributed by atoms with Gasteiger partial charge in [0, 0.05) is 0 Å². The Balaban J connectivity index is 2.44. The highest BCUT2D eigenvalue weighted by atomic mass is 32.2. The number of sulfone groups is 1. The summed E-state index contributed by atoms with van der Waals surface area (Å²) < 4.78 is 37.7. The zero-order chi connectivity index (χ0) is 13.2. The van der Waals surface area contributed by atoms with Gasteiger partial charge in [0.15, 0.2) is 9.84 Å². The molecule has 0 aliphatic rings. The lowest BCUT2D eigenvalue weighted by Gasteiger charge is -2.13. The molecular formula is C14H13FO2S. The summed E-state index contributed by atoms with van der Waals surface area (Å²) in [5, 5.41) is -0.694. The SMILES string of the molecule is CC(c1ccccc1)S(=O)(=O)c1cccc(F)c1. The molecule has 4 heteroatoms. The van der Waals surface area contributed by atoms with E-state index in [2.05, 4.69) is 0 Å². The summed E-state index contributed by atoms with van der Waals surface area (Å²) >= 11 is 0. The first-order chi connectivity index (χ1) is 8.51. The molecule has 0 aliphatic heterocycles. The molecule has 2 aromatic carbocycles. The number of hydrogen-bond acceptors (Lipinski definition) is 2. The van der Waals surface area contributed by atoms with E-state index in [4.69, 9.17) is 0 Å². The van der Waals surface area contributed by atoms with Gasteiger partial charge in [0.25, 0.3) is 0 Å². The molecule has 1 atom stereocenters. The van der Waals surface area contributed by atoms with E-state index >= 15 is 0 Å². The zero-order valence-corrected chi connectivity index (χ0v) is 10.7. The van der Waals surface area contributed by atoms with Gasteiger partial charge < -0.3 is 0 Å². The fourth-order valence-electron chi connectivity index (χ4n) is 1.75. The second kappa shape index (κ2) is 4.90. The van der Waals surface area contributed by atoms with Crippen LogP contribution in [0.25, 0.3) is 0 Å². The van der Waals surface area contributed by atoms with E-state index in [1.54, 1.807) is 31.2 Å². The molecule has 0 amide bonds. The maximum absolute atomic E-state index is 13.1. The molecule has 2 aromatic rings. The summed E-state index contributed by atoms with van der Waals surface area (Å²) in [6, 6.07) is 14.0. The van der Waals surface area contributed by atoms with E-state index in [0.29, 0.717) is 5.56 Å². The summed E-state index contributed by atoms with van der Waals surface area (Å²) in [6.45, 7) is 1.61. The van der Waals surface area contributed by atoms with E-state index in [-0.39, 0.29) is 4.90 Å². The number of hydrogen-bond donors (Lipinski definition) is 0. The van der Waals surface area contributed by atoms with Crippen LogP contribution in [-0.2, 0) is 9.84 Å². The van der Waals surface area contributed by atoms with Gasteiger partial charge in [-0.25, -0.2) is 12.8 Å². The Bertz CT molecular complexity index is 636. The molecule has 0 saturated carbocycles. The van der Waals surface area contributed by atoms with E-state index in [1.807, 2.05) is 6.07 Å². The van der Waals surface area contributed by atoms with Gasteiger partial charge in [-0.3, -0.25) is 0 Å². The van der Waals surface area contributed by atoms with Crippen molar-refractivity contribution in [3.8, 4) is 0 Å². The van der Waals surface area contributed by atoms with Crippen molar-refractivity contribution in [2.24, 2.45) is 0 Å². The minimum Gasteiger partial charge on any atom is -0.223 e. The van der Waals surface area contributed by atoms with Crippen molar-refractivity contribution in [3.63, 3.8) is 0 Å². The molecule has 1 unspecified atom stereocenters. The zero-order valence-electron chi connectivity index (χ0n) is 9.88. The molecule has 0 bridgehead atoms. The fraction of sp³-hybridized carbons (Fsp3) is 0.143. The van der Waals surface area contributed by atoms with E-state index in [9.17, 15) is 12.8 Å². The van der Waals surface area contributed by atoms with Crippen molar-refractivity contribution in [2.45, 2.75) is 17.1 Å². The van der Waals surface area contributed by atoms with E-state index in [0.717, 1.165) is 6.07 Å². The van der Waals surface area contributed by atoms with Gasteiger partial charge in [0.1, 0.15) is 5.82 Å². The van der Waals surface area contributed by atoms with Crippen LogP contribution in [0, 0.1) is 5.82 Å². The molecule has 94 valence electrons. The molecule has 0 saturated heterocycles. The summed E-state index contributed by atoms with van der Waals surface area (Å²) in [6.07, 6.45) is 0. The van der Waals surface area contributed by atoms with Gasteiger partial charge in [0.05, 0.1) is 10.1 Å². The molecule has 0 aromatic heterocycles. The predicted octanol–water partition coefficient (Wildman–Crippen LogP) is 3.36. The molecule has 18 heavy (non-hydrogen) atoms. The van der Waals surface area contributed by atoms with Crippen molar-refractivity contribution in [1.82, 2.24) is 0 Å². The normalized spacial score (nSPS) is 13.2. The minimum absolute atomic E-state index is 0.0128. The summed E-state index contributed by atoms with van der Waals surface area (Å²) in [5.41, 5.74) is 0.696. The van der Waals surface area contributed by atoms with Crippen LogP contribution in [0.5, 0.6) is 0 Å². The van der Waals surface area contributed by atoms with Crippen molar-refractivity contribution in [3.05, 3.63) is 66.0 Å². The first-order valence-electron chi connectivity index (χ1n) is 5.56. The van der Waals surface area contributed by atoms with Crippen molar-refractivity contribution in [1.29, 1.82) is 0 Å². The lowest BCUT2D eigenvalue weighted by atomic mass is 10.2. The quantitative estimate of drug-likeness (QED) is 0.851. The van der Waals surface area contributed by atoms with Gasteiger partial charge in [0.2, 0.25) is 0 Å². The lowest BCUT2D eigenvalue weighted by molar-refractivity contribution is 0.582. The Morgan fingerprint density at radius 3 is 2.28 bits per heavy atom. The molecule has 0 heterocycles. The van der Waals surface area contributed by atoms with Crippen LogP contribution in [0.4, 0.5) is 4.39 Å². The highest BCUT2D eigenvalue weighted by Crippen LogP contribution is 2.28. The summed E-state index contributed by atoms with van der Waals surface area (Å²) in [4.78, 5) is 0.0128. The monoisotopic (exact) mass is 264 g/mol. The first kappa shape index (κ1) is 12.8. The van der Waals surface area contributed by atoms with Crippen LogP contribution < -0.4 is 0 Å². The van der Waals surface area contributed by atoms with Gasteiger partial charge >= 0.3 is 0 Å². The smallest absolute Gasteiger partial charge is 0.185 e. The number of benzene rings is 2.